The Morgan fingerprint density at radius 2 is 1.95 bits per heavy atom. The molecule has 1 aromatic carbocycles. The quantitative estimate of drug-likeness (QED) is 0.643. The maximum Gasteiger partial charge on any atom is 0.251 e. The number of anilines is 1. The highest BCUT2D eigenvalue weighted by atomic mass is 79.9. The monoisotopic (exact) mass is 338 g/mol. The Labute approximate surface area is 129 Å². The molecule has 0 bridgehead atoms. The molecule has 1 fully saturated rings. The Morgan fingerprint density at radius 3 is 2.55 bits per heavy atom. The van der Waals surface area contributed by atoms with Gasteiger partial charge in [-0.25, -0.2) is 0 Å². The first-order valence-corrected chi connectivity index (χ1v) is 8.23. The van der Waals surface area contributed by atoms with Crippen molar-refractivity contribution in [1.82, 2.24) is 5.32 Å². The summed E-state index contributed by atoms with van der Waals surface area (Å²) >= 11 is 3.34. The fourth-order valence-electron chi connectivity index (χ4n) is 2.90. The third kappa shape index (κ3) is 3.98. The van der Waals surface area contributed by atoms with Crippen LogP contribution in [-0.2, 0) is 0 Å². The Bertz CT molecular complexity index is 468. The van der Waals surface area contributed by atoms with Crippen molar-refractivity contribution in [2.75, 3.05) is 5.73 Å². The zero-order valence-corrected chi connectivity index (χ0v) is 13.6. The molecule has 1 aliphatic rings. The summed E-state index contributed by atoms with van der Waals surface area (Å²) in [4.78, 5) is 12.3. The number of rotatable bonds is 3. The number of benzene rings is 1. The minimum atomic E-state index is -0.0269. The van der Waals surface area contributed by atoms with Gasteiger partial charge in [-0.3, -0.25) is 4.79 Å². The third-order valence-corrected chi connectivity index (χ3v) is 4.95. The molecular formula is C16H23BrN2O. The third-order valence-electron chi connectivity index (χ3n) is 4.22. The number of carbonyl (C=O) groups is 1. The van der Waals surface area contributed by atoms with Crippen molar-refractivity contribution < 1.29 is 4.79 Å². The molecule has 20 heavy (non-hydrogen) atoms. The van der Waals surface area contributed by atoms with Crippen LogP contribution in [-0.4, -0.2) is 11.9 Å². The van der Waals surface area contributed by atoms with Crippen molar-refractivity contribution in [3.8, 4) is 0 Å². The highest BCUT2D eigenvalue weighted by Crippen LogP contribution is 2.26. The second kappa shape index (κ2) is 7.11. The number of hydrogen-bond donors (Lipinski definition) is 2. The van der Waals surface area contributed by atoms with Gasteiger partial charge in [0.2, 0.25) is 0 Å². The van der Waals surface area contributed by atoms with E-state index in [9.17, 15) is 4.79 Å². The van der Waals surface area contributed by atoms with Crippen molar-refractivity contribution in [3.05, 3.63) is 28.2 Å². The van der Waals surface area contributed by atoms with Crippen LogP contribution >= 0.6 is 15.9 Å². The van der Waals surface area contributed by atoms with Crippen LogP contribution in [0.4, 0.5) is 5.69 Å². The molecule has 0 aromatic heterocycles. The Morgan fingerprint density at radius 1 is 1.30 bits per heavy atom. The lowest BCUT2D eigenvalue weighted by molar-refractivity contribution is 0.0924. The van der Waals surface area contributed by atoms with Gasteiger partial charge in [-0.15, -0.1) is 0 Å². The summed E-state index contributed by atoms with van der Waals surface area (Å²) in [6.45, 7) is 2.12. The van der Waals surface area contributed by atoms with Gasteiger partial charge < -0.3 is 11.1 Å². The molecule has 0 heterocycles. The van der Waals surface area contributed by atoms with Gasteiger partial charge >= 0.3 is 0 Å². The van der Waals surface area contributed by atoms with E-state index in [1.165, 1.54) is 38.5 Å². The molecule has 3 N–H and O–H groups in total. The van der Waals surface area contributed by atoms with Gasteiger partial charge in [0.25, 0.3) is 5.91 Å². The number of nitrogens with one attached hydrogen (secondary N) is 1. The topological polar surface area (TPSA) is 55.1 Å². The molecule has 0 aliphatic heterocycles. The minimum Gasteiger partial charge on any atom is -0.398 e. The van der Waals surface area contributed by atoms with Gasteiger partial charge in [-0.2, -0.15) is 0 Å². The van der Waals surface area contributed by atoms with Crippen LogP contribution in [0.5, 0.6) is 0 Å². The molecule has 0 saturated heterocycles. The molecule has 1 aromatic rings. The van der Waals surface area contributed by atoms with Crippen molar-refractivity contribution in [1.29, 1.82) is 0 Å². The van der Waals surface area contributed by atoms with Crippen LogP contribution in [0.2, 0.25) is 0 Å². The van der Waals surface area contributed by atoms with Crippen LogP contribution < -0.4 is 11.1 Å². The van der Waals surface area contributed by atoms with E-state index in [-0.39, 0.29) is 11.9 Å². The number of halogens is 1. The van der Waals surface area contributed by atoms with E-state index < -0.39 is 0 Å². The fraction of sp³-hybridized carbons (Fsp3) is 0.562. The van der Waals surface area contributed by atoms with Crippen LogP contribution in [0.3, 0.4) is 0 Å². The van der Waals surface area contributed by atoms with Gasteiger partial charge in [-0.1, -0.05) is 25.7 Å². The lowest BCUT2D eigenvalue weighted by Gasteiger charge is -2.23. The van der Waals surface area contributed by atoms with Crippen molar-refractivity contribution >= 4 is 27.5 Å². The van der Waals surface area contributed by atoms with Crippen LogP contribution in [0, 0.1) is 5.92 Å². The molecule has 1 atom stereocenters. The molecule has 2 rings (SSSR count). The van der Waals surface area contributed by atoms with Gasteiger partial charge in [0.1, 0.15) is 0 Å². The number of nitrogen functional groups attached to an aromatic ring is 1. The smallest absolute Gasteiger partial charge is 0.251 e. The minimum absolute atomic E-state index is 0.0269. The second-order valence-corrected chi connectivity index (χ2v) is 6.60. The second-order valence-electron chi connectivity index (χ2n) is 5.75. The van der Waals surface area contributed by atoms with E-state index in [0.717, 1.165) is 4.47 Å². The Balaban J connectivity index is 1.97. The van der Waals surface area contributed by atoms with E-state index in [1.54, 1.807) is 12.1 Å². The first-order valence-electron chi connectivity index (χ1n) is 7.44. The highest BCUT2D eigenvalue weighted by Gasteiger charge is 2.21. The average Bonchev–Trinajstić information content (AvgIpc) is 2.70. The number of hydrogen-bond acceptors (Lipinski definition) is 2. The Hall–Kier alpha value is -1.03. The maximum atomic E-state index is 12.3. The summed E-state index contributed by atoms with van der Waals surface area (Å²) in [7, 11) is 0. The zero-order chi connectivity index (χ0) is 14.5. The highest BCUT2D eigenvalue weighted by molar-refractivity contribution is 9.10. The van der Waals surface area contributed by atoms with Crippen molar-refractivity contribution in [2.24, 2.45) is 5.92 Å². The molecular weight excluding hydrogens is 316 g/mol. The summed E-state index contributed by atoms with van der Waals surface area (Å²) in [5.74, 6) is 0.579. The lowest BCUT2D eigenvalue weighted by atomic mass is 9.93. The summed E-state index contributed by atoms with van der Waals surface area (Å²) in [5, 5.41) is 3.13. The normalized spacial score (nSPS) is 18.3. The number of carbonyl (C=O) groups excluding carboxylic acids is 1. The molecule has 1 amide bonds. The SMILES string of the molecule is C[C@@H](NC(=O)c1ccc(Br)c(N)c1)C1CCCCCC1. The largest absolute Gasteiger partial charge is 0.398 e. The van der Waals surface area contributed by atoms with E-state index in [4.69, 9.17) is 5.73 Å². The molecule has 110 valence electrons. The molecule has 4 heteroatoms. The van der Waals surface area contributed by atoms with Crippen LogP contribution in [0.1, 0.15) is 55.8 Å². The lowest BCUT2D eigenvalue weighted by Crippen LogP contribution is -2.38. The first kappa shape index (κ1) is 15.4. The zero-order valence-electron chi connectivity index (χ0n) is 12.0. The number of amides is 1. The van der Waals surface area contributed by atoms with E-state index >= 15 is 0 Å². The van der Waals surface area contributed by atoms with Gasteiger partial charge in [0.05, 0.1) is 0 Å². The molecule has 1 saturated carbocycles. The molecule has 1 aliphatic carbocycles. The standard InChI is InChI=1S/C16H23BrN2O/c1-11(12-6-4-2-3-5-7-12)19-16(20)13-8-9-14(17)15(18)10-13/h8-12H,2-7,18H2,1H3,(H,19,20)/t11-/m1/s1. The molecule has 3 nitrogen and oxygen atoms in total. The van der Waals surface area contributed by atoms with Gasteiger partial charge in [-0.05, 0) is 59.8 Å². The maximum absolute atomic E-state index is 12.3. The van der Waals surface area contributed by atoms with Crippen LogP contribution in [0.25, 0.3) is 0 Å². The Kier molecular flexibility index (Phi) is 5.46. The van der Waals surface area contributed by atoms with Crippen molar-refractivity contribution in [3.63, 3.8) is 0 Å². The van der Waals surface area contributed by atoms with E-state index in [0.29, 0.717) is 17.2 Å². The number of nitrogens with two attached hydrogens (primary N) is 1. The molecule has 0 spiro atoms. The summed E-state index contributed by atoms with van der Waals surface area (Å²) in [6, 6.07) is 5.57. The first-order chi connectivity index (χ1) is 9.58. The molecule has 0 unspecified atom stereocenters. The fourth-order valence-corrected chi connectivity index (χ4v) is 3.15. The van der Waals surface area contributed by atoms with Crippen molar-refractivity contribution in [2.45, 2.75) is 51.5 Å². The summed E-state index contributed by atoms with van der Waals surface area (Å²) in [5.41, 5.74) is 7.05. The van der Waals surface area contributed by atoms with Gasteiger partial charge in [0, 0.05) is 21.8 Å². The predicted octanol–water partition coefficient (Wildman–Crippen LogP) is 4.12. The summed E-state index contributed by atoms with van der Waals surface area (Å²) < 4.78 is 0.825. The predicted molar refractivity (Wildman–Crippen MR) is 86.7 cm³/mol. The molecule has 0 radical (unpaired) electrons. The van der Waals surface area contributed by atoms with E-state index in [1.807, 2.05) is 6.07 Å². The average molecular weight is 339 g/mol. The van der Waals surface area contributed by atoms with Gasteiger partial charge in [0.15, 0.2) is 0 Å². The van der Waals surface area contributed by atoms with E-state index in [2.05, 4.69) is 28.2 Å². The van der Waals surface area contributed by atoms with Crippen LogP contribution in [0.15, 0.2) is 22.7 Å². The summed E-state index contributed by atoms with van der Waals surface area (Å²) in [6.07, 6.45) is 7.70.